The Kier molecular flexibility index (Phi) is 3.67. The number of aromatic amines is 1. The van der Waals surface area contributed by atoms with Crippen molar-refractivity contribution >= 4 is 34.4 Å². The zero-order valence-corrected chi connectivity index (χ0v) is 12.7. The van der Waals surface area contributed by atoms with Crippen LogP contribution in [0.4, 0.5) is 5.69 Å². The summed E-state index contributed by atoms with van der Waals surface area (Å²) in [7, 11) is 0. The molecule has 0 spiro atoms. The number of anilines is 1. The van der Waals surface area contributed by atoms with Gasteiger partial charge in [0.2, 0.25) is 0 Å². The van der Waals surface area contributed by atoms with Crippen molar-refractivity contribution in [3.63, 3.8) is 0 Å². The molecule has 3 aromatic rings. The molecule has 2 aromatic carbocycles. The van der Waals surface area contributed by atoms with Gasteiger partial charge in [0.15, 0.2) is 0 Å². The molecule has 106 valence electrons. The molecule has 0 atom stereocenters. The third-order valence-electron chi connectivity index (χ3n) is 3.50. The number of aromatic nitrogens is 1. The molecule has 4 heteroatoms. The Balaban J connectivity index is 1.84. The van der Waals surface area contributed by atoms with Crippen LogP contribution in [0.15, 0.2) is 47.6 Å². The lowest BCUT2D eigenvalue weighted by Crippen LogP contribution is -1.92. The van der Waals surface area contributed by atoms with E-state index in [9.17, 15) is 0 Å². The highest BCUT2D eigenvalue weighted by Gasteiger charge is 2.05. The molecular weight excluding hydrogens is 282 g/mol. The highest BCUT2D eigenvalue weighted by molar-refractivity contribution is 6.31. The molecule has 21 heavy (non-hydrogen) atoms. The highest BCUT2D eigenvalue weighted by atomic mass is 35.5. The van der Waals surface area contributed by atoms with Crippen LogP contribution in [0, 0.1) is 13.8 Å². The number of hydrogen-bond acceptors (Lipinski definition) is 2. The van der Waals surface area contributed by atoms with E-state index in [-0.39, 0.29) is 0 Å². The van der Waals surface area contributed by atoms with Gasteiger partial charge in [-0.2, -0.15) is 5.10 Å². The van der Waals surface area contributed by atoms with Crippen LogP contribution in [-0.4, -0.2) is 11.2 Å². The van der Waals surface area contributed by atoms with E-state index in [0.29, 0.717) is 0 Å². The first-order valence-electron chi connectivity index (χ1n) is 6.77. The first kappa shape index (κ1) is 13.7. The fourth-order valence-corrected chi connectivity index (χ4v) is 2.48. The van der Waals surface area contributed by atoms with E-state index in [1.54, 1.807) is 0 Å². The molecule has 0 saturated heterocycles. The summed E-state index contributed by atoms with van der Waals surface area (Å²) in [4.78, 5) is 3.35. The number of H-pyrrole nitrogens is 1. The van der Waals surface area contributed by atoms with Crippen molar-refractivity contribution in [3.8, 4) is 0 Å². The topological polar surface area (TPSA) is 40.2 Å². The number of rotatable bonds is 3. The summed E-state index contributed by atoms with van der Waals surface area (Å²) in [6, 6.07) is 14.0. The Morgan fingerprint density at radius 2 is 1.95 bits per heavy atom. The molecule has 3 rings (SSSR count). The Morgan fingerprint density at radius 3 is 2.76 bits per heavy atom. The zero-order valence-electron chi connectivity index (χ0n) is 11.9. The van der Waals surface area contributed by atoms with Gasteiger partial charge in [-0.25, -0.2) is 0 Å². The number of nitrogens with zero attached hydrogens (tertiary/aromatic N) is 1. The molecule has 1 aromatic heterocycles. The maximum atomic E-state index is 6.10. The predicted octanol–water partition coefficient (Wildman–Crippen LogP) is 4.88. The van der Waals surface area contributed by atoms with Crippen molar-refractivity contribution in [2.75, 3.05) is 5.43 Å². The van der Waals surface area contributed by atoms with E-state index in [1.165, 1.54) is 5.39 Å². The van der Waals surface area contributed by atoms with Crippen LogP contribution in [0.5, 0.6) is 0 Å². The van der Waals surface area contributed by atoms with Crippen LogP contribution in [0.1, 0.15) is 16.8 Å². The van der Waals surface area contributed by atoms with Crippen molar-refractivity contribution in [3.05, 3.63) is 64.3 Å². The van der Waals surface area contributed by atoms with E-state index in [2.05, 4.69) is 27.6 Å². The van der Waals surface area contributed by atoms with Gasteiger partial charge in [-0.3, -0.25) is 5.43 Å². The van der Waals surface area contributed by atoms with Crippen molar-refractivity contribution in [2.24, 2.45) is 5.10 Å². The van der Waals surface area contributed by atoms with Gasteiger partial charge in [0.1, 0.15) is 0 Å². The van der Waals surface area contributed by atoms with Crippen molar-refractivity contribution in [1.82, 2.24) is 4.98 Å². The second-order valence-electron chi connectivity index (χ2n) is 5.04. The van der Waals surface area contributed by atoms with Gasteiger partial charge in [0.05, 0.1) is 11.9 Å². The first-order valence-corrected chi connectivity index (χ1v) is 7.15. The second kappa shape index (κ2) is 5.62. The van der Waals surface area contributed by atoms with Crippen LogP contribution in [0.2, 0.25) is 5.02 Å². The molecule has 0 fully saturated rings. The quantitative estimate of drug-likeness (QED) is 0.525. The minimum Gasteiger partial charge on any atom is -0.358 e. The SMILES string of the molecule is Cc1ccc(N/N=C/c2c(C)[nH]c3ccccc23)cc1Cl. The fraction of sp³-hybridized carbons (Fsp3) is 0.118. The fourth-order valence-electron chi connectivity index (χ4n) is 2.30. The average Bonchev–Trinajstić information content (AvgIpc) is 2.79. The summed E-state index contributed by atoms with van der Waals surface area (Å²) in [5.41, 5.74) is 8.26. The van der Waals surface area contributed by atoms with E-state index < -0.39 is 0 Å². The Bertz CT molecular complexity index is 818. The molecule has 0 amide bonds. The maximum Gasteiger partial charge on any atom is 0.0576 e. The molecule has 2 N–H and O–H groups in total. The average molecular weight is 298 g/mol. The second-order valence-corrected chi connectivity index (χ2v) is 5.45. The lowest BCUT2D eigenvalue weighted by molar-refractivity contribution is 1.28. The van der Waals surface area contributed by atoms with Gasteiger partial charge in [0, 0.05) is 27.2 Å². The number of aryl methyl sites for hydroxylation is 2. The van der Waals surface area contributed by atoms with Crippen LogP contribution in [-0.2, 0) is 0 Å². The van der Waals surface area contributed by atoms with Gasteiger partial charge < -0.3 is 4.98 Å². The van der Waals surface area contributed by atoms with Crippen LogP contribution >= 0.6 is 11.6 Å². The normalized spacial score (nSPS) is 11.4. The molecule has 0 aliphatic rings. The zero-order chi connectivity index (χ0) is 14.8. The smallest absolute Gasteiger partial charge is 0.0576 e. The minimum absolute atomic E-state index is 0.735. The largest absolute Gasteiger partial charge is 0.358 e. The minimum atomic E-state index is 0.735. The molecule has 0 unspecified atom stereocenters. The summed E-state index contributed by atoms with van der Waals surface area (Å²) < 4.78 is 0. The van der Waals surface area contributed by atoms with Crippen LogP contribution in [0.25, 0.3) is 10.9 Å². The molecule has 0 aliphatic heterocycles. The lowest BCUT2D eigenvalue weighted by Gasteiger charge is -2.02. The number of halogens is 1. The van der Waals surface area contributed by atoms with Crippen molar-refractivity contribution < 1.29 is 0 Å². The van der Waals surface area contributed by atoms with Gasteiger partial charge in [-0.1, -0.05) is 35.9 Å². The van der Waals surface area contributed by atoms with Gasteiger partial charge in [-0.05, 0) is 37.6 Å². The third-order valence-corrected chi connectivity index (χ3v) is 3.91. The Morgan fingerprint density at radius 1 is 1.14 bits per heavy atom. The van der Waals surface area contributed by atoms with Crippen LogP contribution < -0.4 is 5.43 Å². The summed E-state index contributed by atoms with van der Waals surface area (Å²) in [5, 5.41) is 6.22. The number of hydrazone groups is 1. The van der Waals surface area contributed by atoms with Gasteiger partial charge >= 0.3 is 0 Å². The lowest BCUT2D eigenvalue weighted by atomic mass is 10.1. The number of benzene rings is 2. The monoisotopic (exact) mass is 297 g/mol. The summed E-state index contributed by atoms with van der Waals surface area (Å²) in [5.74, 6) is 0. The highest BCUT2D eigenvalue weighted by Crippen LogP contribution is 2.21. The summed E-state index contributed by atoms with van der Waals surface area (Å²) >= 11 is 6.10. The number of hydrogen-bond donors (Lipinski definition) is 2. The first-order chi connectivity index (χ1) is 10.1. The van der Waals surface area contributed by atoms with Crippen LogP contribution in [0.3, 0.4) is 0 Å². The van der Waals surface area contributed by atoms with Gasteiger partial charge in [-0.15, -0.1) is 0 Å². The maximum absolute atomic E-state index is 6.10. The number of fused-ring (bicyclic) bond motifs is 1. The standard InChI is InChI=1S/C17H16ClN3/c1-11-7-8-13(9-16(11)18)21-19-10-15-12(2)20-17-6-4-3-5-14(15)17/h3-10,20-21H,1-2H3/b19-10+. The Labute approximate surface area is 128 Å². The molecule has 0 radical (unpaired) electrons. The van der Waals surface area contributed by atoms with E-state index >= 15 is 0 Å². The van der Waals surface area contributed by atoms with Crippen molar-refractivity contribution in [1.29, 1.82) is 0 Å². The summed E-state index contributed by atoms with van der Waals surface area (Å²) in [6.45, 7) is 4.02. The Hall–Kier alpha value is -2.26. The molecule has 1 heterocycles. The number of nitrogens with one attached hydrogen (secondary N) is 2. The number of para-hydroxylation sites is 1. The van der Waals surface area contributed by atoms with E-state index in [0.717, 1.165) is 33.0 Å². The molecule has 0 aliphatic carbocycles. The third kappa shape index (κ3) is 2.78. The van der Waals surface area contributed by atoms with E-state index in [4.69, 9.17) is 11.6 Å². The molecule has 3 nitrogen and oxygen atoms in total. The van der Waals surface area contributed by atoms with Gasteiger partial charge in [0.25, 0.3) is 0 Å². The molecular formula is C17H16ClN3. The van der Waals surface area contributed by atoms with E-state index in [1.807, 2.05) is 50.4 Å². The predicted molar refractivity (Wildman–Crippen MR) is 90.4 cm³/mol. The summed E-state index contributed by atoms with van der Waals surface area (Å²) in [6.07, 6.45) is 1.84. The van der Waals surface area contributed by atoms with Crippen molar-refractivity contribution in [2.45, 2.75) is 13.8 Å². The molecule has 0 saturated carbocycles. The molecule has 0 bridgehead atoms.